The van der Waals surface area contributed by atoms with Gasteiger partial charge in [-0.1, -0.05) is 18.2 Å². The van der Waals surface area contributed by atoms with Crippen LogP contribution in [0.4, 0.5) is 0 Å². The Morgan fingerprint density at radius 1 is 1.40 bits per heavy atom. The zero-order valence-electron chi connectivity index (χ0n) is 11.2. The van der Waals surface area contributed by atoms with E-state index in [1.54, 1.807) is 13.0 Å². The highest BCUT2D eigenvalue weighted by Gasteiger charge is 2.21. The van der Waals surface area contributed by atoms with Crippen molar-refractivity contribution in [1.29, 1.82) is 0 Å². The molecule has 20 heavy (non-hydrogen) atoms. The average molecular weight is 277 g/mol. The maximum absolute atomic E-state index is 12.0. The van der Waals surface area contributed by atoms with Crippen molar-refractivity contribution < 1.29 is 23.8 Å². The number of furan rings is 1. The number of aryl methyl sites for hydroxylation is 1. The number of carbonyl (C=O) groups excluding carboxylic acids is 1. The van der Waals surface area contributed by atoms with E-state index in [4.69, 9.17) is 14.3 Å². The number of amides is 1. The highest BCUT2D eigenvalue weighted by atomic mass is 16.5. The number of methoxy groups -OCH3 is 1. The quantitative estimate of drug-likeness (QED) is 0.866. The van der Waals surface area contributed by atoms with E-state index in [2.05, 4.69) is 5.32 Å². The Labute approximate surface area is 115 Å². The van der Waals surface area contributed by atoms with Crippen molar-refractivity contribution in [2.75, 3.05) is 13.7 Å². The fourth-order valence-electron chi connectivity index (χ4n) is 1.93. The number of carboxylic acid groups (broad SMARTS) is 1. The van der Waals surface area contributed by atoms with Crippen LogP contribution in [0, 0.1) is 6.92 Å². The summed E-state index contributed by atoms with van der Waals surface area (Å²) in [6.45, 7) is 1.66. The van der Waals surface area contributed by atoms with Crippen LogP contribution in [0.15, 0.2) is 28.7 Å². The molecule has 1 amide bonds. The lowest BCUT2D eigenvalue weighted by atomic mass is 10.1. The first kappa shape index (κ1) is 14.1. The third-order valence-corrected chi connectivity index (χ3v) is 3.06. The summed E-state index contributed by atoms with van der Waals surface area (Å²) in [6.07, 6.45) is -1.08. The Balaban J connectivity index is 2.15. The summed E-state index contributed by atoms with van der Waals surface area (Å²) in [7, 11) is 1.28. The van der Waals surface area contributed by atoms with Crippen LogP contribution in [0.2, 0.25) is 0 Å². The monoisotopic (exact) mass is 277 g/mol. The molecule has 6 nitrogen and oxygen atoms in total. The summed E-state index contributed by atoms with van der Waals surface area (Å²) in [5.74, 6) is -1.40. The topological polar surface area (TPSA) is 88.8 Å². The highest BCUT2D eigenvalue weighted by molar-refractivity contribution is 5.99. The molecule has 1 aromatic heterocycles. The van der Waals surface area contributed by atoms with Crippen molar-refractivity contribution in [2.24, 2.45) is 0 Å². The van der Waals surface area contributed by atoms with Crippen LogP contribution in [0.5, 0.6) is 0 Å². The molecule has 0 fully saturated rings. The molecule has 0 spiro atoms. The number of hydrogen-bond acceptors (Lipinski definition) is 4. The van der Waals surface area contributed by atoms with Crippen LogP contribution in [0.1, 0.15) is 16.1 Å². The average Bonchev–Trinajstić information content (AvgIpc) is 2.77. The molecule has 106 valence electrons. The number of rotatable bonds is 5. The van der Waals surface area contributed by atoms with Gasteiger partial charge < -0.3 is 19.6 Å². The SMILES string of the molecule is COC(CNC(=O)c1oc2ccccc2c1C)C(=O)O. The number of nitrogens with one attached hydrogen (secondary N) is 1. The maximum Gasteiger partial charge on any atom is 0.334 e. The van der Waals surface area contributed by atoms with Crippen LogP contribution in [0.25, 0.3) is 11.0 Å². The fourth-order valence-corrected chi connectivity index (χ4v) is 1.93. The Morgan fingerprint density at radius 2 is 2.10 bits per heavy atom. The summed E-state index contributed by atoms with van der Waals surface area (Å²) in [6, 6.07) is 7.31. The van der Waals surface area contributed by atoms with Crippen molar-refractivity contribution in [2.45, 2.75) is 13.0 Å². The molecule has 0 aliphatic heterocycles. The number of para-hydroxylation sites is 1. The first-order chi connectivity index (χ1) is 9.54. The summed E-state index contributed by atoms with van der Waals surface area (Å²) in [5, 5.41) is 12.2. The van der Waals surface area contributed by atoms with Gasteiger partial charge in [0.2, 0.25) is 0 Å². The fraction of sp³-hybridized carbons (Fsp3) is 0.286. The first-order valence-corrected chi connectivity index (χ1v) is 6.06. The predicted octanol–water partition coefficient (Wildman–Crippen LogP) is 1.57. The molecule has 2 aromatic rings. The molecule has 1 unspecified atom stereocenters. The van der Waals surface area contributed by atoms with Crippen molar-refractivity contribution in [1.82, 2.24) is 5.32 Å². The number of aliphatic carboxylic acids is 1. The van der Waals surface area contributed by atoms with E-state index in [9.17, 15) is 9.59 Å². The molecular formula is C14H15NO5. The van der Waals surface area contributed by atoms with Crippen LogP contribution >= 0.6 is 0 Å². The minimum atomic E-state index is -1.13. The van der Waals surface area contributed by atoms with Gasteiger partial charge in [-0.05, 0) is 13.0 Å². The second kappa shape index (κ2) is 5.75. The molecule has 0 aliphatic carbocycles. The first-order valence-electron chi connectivity index (χ1n) is 6.06. The van der Waals surface area contributed by atoms with Crippen molar-refractivity contribution in [3.05, 3.63) is 35.6 Å². The molecule has 1 atom stereocenters. The minimum absolute atomic E-state index is 0.124. The van der Waals surface area contributed by atoms with E-state index in [-0.39, 0.29) is 12.3 Å². The van der Waals surface area contributed by atoms with E-state index in [0.717, 1.165) is 10.9 Å². The molecule has 0 saturated carbocycles. The summed E-state index contributed by atoms with van der Waals surface area (Å²) in [4.78, 5) is 22.8. The highest BCUT2D eigenvalue weighted by Crippen LogP contribution is 2.24. The third kappa shape index (κ3) is 2.65. The summed E-state index contributed by atoms with van der Waals surface area (Å²) in [5.41, 5.74) is 1.35. The van der Waals surface area contributed by atoms with Gasteiger partial charge in [-0.25, -0.2) is 4.79 Å². The molecule has 0 radical (unpaired) electrons. The van der Waals surface area contributed by atoms with Crippen molar-refractivity contribution >= 4 is 22.8 Å². The molecule has 1 aromatic carbocycles. The van der Waals surface area contributed by atoms with Crippen LogP contribution in [-0.2, 0) is 9.53 Å². The third-order valence-electron chi connectivity index (χ3n) is 3.06. The summed E-state index contributed by atoms with van der Waals surface area (Å²) < 4.78 is 10.2. The van der Waals surface area contributed by atoms with Gasteiger partial charge in [-0.3, -0.25) is 4.79 Å². The van der Waals surface area contributed by atoms with Gasteiger partial charge in [-0.2, -0.15) is 0 Å². The second-order valence-corrected chi connectivity index (χ2v) is 4.32. The van der Waals surface area contributed by atoms with Gasteiger partial charge in [-0.15, -0.1) is 0 Å². The minimum Gasteiger partial charge on any atom is -0.479 e. The molecule has 1 heterocycles. The summed E-state index contributed by atoms with van der Waals surface area (Å²) >= 11 is 0. The van der Waals surface area contributed by atoms with E-state index >= 15 is 0 Å². The Kier molecular flexibility index (Phi) is 4.05. The zero-order chi connectivity index (χ0) is 14.7. The standard InChI is InChI=1S/C14H15NO5/c1-8-9-5-3-4-6-10(9)20-12(8)13(16)15-7-11(19-2)14(17)18/h3-6,11H,7H2,1-2H3,(H,15,16)(H,17,18). The number of ether oxygens (including phenoxy) is 1. The van der Waals surface area contributed by atoms with Crippen LogP contribution < -0.4 is 5.32 Å². The van der Waals surface area contributed by atoms with E-state index < -0.39 is 18.0 Å². The number of carboxylic acids is 1. The second-order valence-electron chi connectivity index (χ2n) is 4.32. The van der Waals surface area contributed by atoms with Gasteiger partial charge in [0.15, 0.2) is 11.9 Å². The van der Waals surface area contributed by atoms with Gasteiger partial charge in [0, 0.05) is 18.1 Å². The lowest BCUT2D eigenvalue weighted by molar-refractivity contribution is -0.148. The number of benzene rings is 1. The maximum atomic E-state index is 12.0. The van der Waals surface area contributed by atoms with Gasteiger partial charge in [0.1, 0.15) is 5.58 Å². The van der Waals surface area contributed by atoms with Crippen molar-refractivity contribution in [3.63, 3.8) is 0 Å². The predicted molar refractivity (Wildman–Crippen MR) is 71.7 cm³/mol. The Bertz CT molecular complexity index is 646. The van der Waals surface area contributed by atoms with Gasteiger partial charge >= 0.3 is 5.97 Å². The zero-order valence-corrected chi connectivity index (χ0v) is 11.2. The number of fused-ring (bicyclic) bond motifs is 1. The molecule has 2 rings (SSSR count). The Hall–Kier alpha value is -2.34. The Morgan fingerprint density at radius 3 is 2.70 bits per heavy atom. The number of carbonyl (C=O) groups is 2. The lowest BCUT2D eigenvalue weighted by Crippen LogP contribution is -2.37. The van der Waals surface area contributed by atoms with E-state index in [1.165, 1.54) is 7.11 Å². The molecule has 6 heteroatoms. The molecule has 0 saturated heterocycles. The smallest absolute Gasteiger partial charge is 0.334 e. The van der Waals surface area contributed by atoms with Gasteiger partial charge in [0.25, 0.3) is 5.91 Å². The van der Waals surface area contributed by atoms with Crippen LogP contribution in [-0.4, -0.2) is 36.7 Å². The van der Waals surface area contributed by atoms with E-state index in [0.29, 0.717) is 5.58 Å². The normalized spacial score (nSPS) is 12.3. The molecule has 0 bridgehead atoms. The molecular weight excluding hydrogens is 262 g/mol. The van der Waals surface area contributed by atoms with Crippen molar-refractivity contribution in [3.8, 4) is 0 Å². The largest absolute Gasteiger partial charge is 0.479 e. The lowest BCUT2D eigenvalue weighted by Gasteiger charge is -2.10. The van der Waals surface area contributed by atoms with Gasteiger partial charge in [0.05, 0.1) is 6.54 Å². The van der Waals surface area contributed by atoms with Crippen LogP contribution in [0.3, 0.4) is 0 Å². The molecule has 2 N–H and O–H groups in total. The molecule has 0 aliphatic rings. The van der Waals surface area contributed by atoms with E-state index in [1.807, 2.05) is 18.2 Å². The number of hydrogen-bond donors (Lipinski definition) is 2.